The van der Waals surface area contributed by atoms with Crippen molar-refractivity contribution in [1.29, 1.82) is 0 Å². The molecule has 0 bridgehead atoms. The molecular weight excluding hydrogens is 200 g/mol. The van der Waals surface area contributed by atoms with E-state index in [-0.39, 0.29) is 12.3 Å². The first kappa shape index (κ1) is 11.8. The molecule has 0 aliphatic heterocycles. The fourth-order valence-corrected chi connectivity index (χ4v) is 1.20. The number of benzene rings is 1. The maximum Gasteiger partial charge on any atom is 0.275 e. The summed E-state index contributed by atoms with van der Waals surface area (Å²) >= 11 is 0. The number of nitrogens with zero attached hydrogens (tertiary/aromatic N) is 1. The third kappa shape index (κ3) is 3.40. The fraction of sp³-hybridized carbons (Fsp3) is 0.364. The van der Waals surface area contributed by atoms with E-state index >= 15 is 0 Å². The summed E-state index contributed by atoms with van der Waals surface area (Å²) < 4.78 is 24.5. The lowest BCUT2D eigenvalue weighted by molar-refractivity contribution is 0.221. The summed E-state index contributed by atoms with van der Waals surface area (Å²) in [5.74, 6) is 0. The first-order valence-electron chi connectivity index (χ1n) is 4.63. The van der Waals surface area contributed by atoms with E-state index in [4.69, 9.17) is 5.11 Å². The zero-order valence-corrected chi connectivity index (χ0v) is 8.40. The van der Waals surface area contributed by atoms with Crippen molar-refractivity contribution in [2.24, 2.45) is 4.99 Å². The van der Waals surface area contributed by atoms with Gasteiger partial charge in [-0.05, 0) is 12.5 Å². The highest BCUT2D eigenvalue weighted by molar-refractivity contribution is 5.85. The molecule has 0 aliphatic carbocycles. The van der Waals surface area contributed by atoms with E-state index in [2.05, 4.69) is 4.99 Å². The second-order valence-corrected chi connectivity index (χ2v) is 3.18. The number of aliphatic hydroxyl groups is 1. The lowest BCUT2D eigenvalue weighted by atomic mass is 10.1. The average Bonchev–Trinajstić information content (AvgIpc) is 2.26. The minimum atomic E-state index is -2.57. The number of hydrogen-bond acceptors (Lipinski definition) is 2. The van der Waals surface area contributed by atoms with Gasteiger partial charge in [0.15, 0.2) is 0 Å². The highest BCUT2D eigenvalue weighted by Gasteiger charge is 2.12. The number of halogens is 2. The molecule has 0 aromatic heterocycles. The van der Waals surface area contributed by atoms with Crippen LogP contribution in [0.5, 0.6) is 0 Å². The highest BCUT2D eigenvalue weighted by atomic mass is 19.3. The molecule has 4 heteroatoms. The second-order valence-electron chi connectivity index (χ2n) is 3.18. The Morgan fingerprint density at radius 2 is 1.93 bits per heavy atom. The first-order valence-corrected chi connectivity index (χ1v) is 4.63. The van der Waals surface area contributed by atoms with E-state index < -0.39 is 12.5 Å². The summed E-state index contributed by atoms with van der Waals surface area (Å²) in [4.78, 5) is 3.78. The van der Waals surface area contributed by atoms with Crippen LogP contribution in [0.4, 0.5) is 8.78 Å². The van der Waals surface area contributed by atoms with Crippen LogP contribution in [0.15, 0.2) is 35.3 Å². The van der Waals surface area contributed by atoms with Gasteiger partial charge in [-0.15, -0.1) is 0 Å². The predicted molar refractivity (Wildman–Crippen MR) is 55.4 cm³/mol. The average molecular weight is 213 g/mol. The van der Waals surface area contributed by atoms with Crippen LogP contribution in [0.1, 0.15) is 18.5 Å². The monoisotopic (exact) mass is 213 g/mol. The highest BCUT2D eigenvalue weighted by Crippen LogP contribution is 2.17. The zero-order chi connectivity index (χ0) is 11.3. The summed E-state index contributed by atoms with van der Waals surface area (Å²) in [6, 6.07) is 8.30. The van der Waals surface area contributed by atoms with E-state index in [1.54, 1.807) is 24.3 Å². The molecular formula is C11H13F2NO. The number of hydrogen-bond donors (Lipinski definition) is 1. The third-order valence-corrected chi connectivity index (χ3v) is 2.03. The third-order valence-electron chi connectivity index (χ3n) is 2.03. The van der Waals surface area contributed by atoms with E-state index in [1.807, 2.05) is 6.07 Å². The Balaban J connectivity index is 2.86. The van der Waals surface area contributed by atoms with Crippen LogP contribution < -0.4 is 0 Å². The predicted octanol–water partition coefficient (Wildman–Crippen LogP) is 2.45. The smallest absolute Gasteiger partial charge is 0.275 e. The van der Waals surface area contributed by atoms with Crippen LogP contribution in [-0.2, 0) is 0 Å². The molecule has 1 aromatic carbocycles. The van der Waals surface area contributed by atoms with Crippen LogP contribution in [0.3, 0.4) is 0 Å². The Bertz CT molecular complexity index is 325. The molecule has 2 nitrogen and oxygen atoms in total. The minimum Gasteiger partial charge on any atom is -0.394 e. The van der Waals surface area contributed by atoms with Crippen molar-refractivity contribution in [1.82, 2.24) is 0 Å². The lowest BCUT2D eigenvalue weighted by Gasteiger charge is -2.11. The zero-order valence-electron chi connectivity index (χ0n) is 8.40. The van der Waals surface area contributed by atoms with Crippen molar-refractivity contribution in [2.45, 2.75) is 19.4 Å². The van der Waals surface area contributed by atoms with Gasteiger partial charge in [-0.25, -0.2) is 8.78 Å². The van der Waals surface area contributed by atoms with Gasteiger partial charge in [-0.3, -0.25) is 4.99 Å². The van der Waals surface area contributed by atoms with Gasteiger partial charge in [0.05, 0.1) is 18.4 Å². The molecule has 15 heavy (non-hydrogen) atoms. The van der Waals surface area contributed by atoms with Gasteiger partial charge in [0.25, 0.3) is 6.43 Å². The van der Waals surface area contributed by atoms with Crippen LogP contribution in [0.25, 0.3) is 0 Å². The number of aliphatic hydroxyl groups excluding tert-OH is 1. The Morgan fingerprint density at radius 1 is 1.33 bits per heavy atom. The summed E-state index contributed by atoms with van der Waals surface area (Å²) in [5, 5.41) is 9.06. The second kappa shape index (κ2) is 5.56. The van der Waals surface area contributed by atoms with Gasteiger partial charge in [-0.1, -0.05) is 30.3 Å². The molecule has 0 amide bonds. The van der Waals surface area contributed by atoms with Crippen LogP contribution in [0.2, 0.25) is 0 Å². The molecule has 0 saturated carbocycles. The SMILES string of the molecule is CC(=N[C@H](CO)c1ccccc1)C(F)F. The van der Waals surface area contributed by atoms with Crippen molar-refractivity contribution in [3.8, 4) is 0 Å². The van der Waals surface area contributed by atoms with Crippen molar-refractivity contribution in [3.63, 3.8) is 0 Å². The van der Waals surface area contributed by atoms with Crippen LogP contribution >= 0.6 is 0 Å². The maximum absolute atomic E-state index is 12.2. The summed E-state index contributed by atoms with van der Waals surface area (Å²) in [7, 11) is 0. The molecule has 1 rings (SSSR count). The van der Waals surface area contributed by atoms with Crippen LogP contribution in [0, 0.1) is 0 Å². The van der Waals surface area contributed by atoms with Crippen molar-refractivity contribution in [2.75, 3.05) is 6.61 Å². The van der Waals surface area contributed by atoms with E-state index in [1.165, 1.54) is 6.92 Å². The van der Waals surface area contributed by atoms with Crippen molar-refractivity contribution in [3.05, 3.63) is 35.9 Å². The molecule has 0 radical (unpaired) electrons. The van der Waals surface area contributed by atoms with Crippen molar-refractivity contribution >= 4 is 5.71 Å². The van der Waals surface area contributed by atoms with Gasteiger partial charge >= 0.3 is 0 Å². The summed E-state index contributed by atoms with van der Waals surface area (Å²) in [6.45, 7) is 0.990. The largest absolute Gasteiger partial charge is 0.394 e. The molecule has 1 N–H and O–H groups in total. The molecule has 0 heterocycles. The van der Waals surface area contributed by atoms with Crippen molar-refractivity contribution < 1.29 is 13.9 Å². The standard InChI is InChI=1S/C11H13F2NO/c1-8(11(12)13)14-10(7-15)9-5-3-2-4-6-9/h2-6,10-11,15H,7H2,1H3/t10-/m1/s1. The number of aliphatic imine (C=N–C) groups is 1. The molecule has 0 unspecified atom stereocenters. The topological polar surface area (TPSA) is 32.6 Å². The Kier molecular flexibility index (Phi) is 4.37. The first-order chi connectivity index (χ1) is 7.15. The Morgan fingerprint density at radius 3 is 2.40 bits per heavy atom. The molecule has 1 aromatic rings. The quantitative estimate of drug-likeness (QED) is 0.765. The van der Waals surface area contributed by atoms with Gasteiger partial charge in [0.2, 0.25) is 0 Å². The van der Waals surface area contributed by atoms with Crippen LogP contribution in [-0.4, -0.2) is 23.9 Å². The maximum atomic E-state index is 12.2. The Hall–Kier alpha value is -1.29. The molecule has 82 valence electrons. The Labute approximate surface area is 87.3 Å². The number of alkyl halides is 2. The molecule has 0 aliphatic rings. The lowest BCUT2D eigenvalue weighted by Crippen LogP contribution is -2.10. The van der Waals surface area contributed by atoms with Gasteiger partial charge in [0, 0.05) is 0 Å². The molecule has 0 spiro atoms. The number of rotatable bonds is 4. The molecule has 0 saturated heterocycles. The normalized spacial score (nSPS) is 14.3. The summed E-state index contributed by atoms with van der Waals surface area (Å²) in [5.41, 5.74) is 0.484. The fourth-order valence-electron chi connectivity index (χ4n) is 1.20. The molecule has 1 atom stereocenters. The molecule has 0 fully saturated rings. The van der Waals surface area contributed by atoms with Gasteiger partial charge < -0.3 is 5.11 Å². The van der Waals surface area contributed by atoms with Gasteiger partial charge in [0.1, 0.15) is 0 Å². The van der Waals surface area contributed by atoms with E-state index in [0.29, 0.717) is 0 Å². The van der Waals surface area contributed by atoms with Gasteiger partial charge in [-0.2, -0.15) is 0 Å². The summed E-state index contributed by atoms with van der Waals surface area (Å²) in [6.07, 6.45) is -2.57. The minimum absolute atomic E-state index is 0.252. The van der Waals surface area contributed by atoms with E-state index in [0.717, 1.165) is 5.56 Å². The van der Waals surface area contributed by atoms with E-state index in [9.17, 15) is 8.78 Å².